The maximum Gasteiger partial charge on any atom is 0.235 e. The van der Waals surface area contributed by atoms with Gasteiger partial charge in [0.05, 0.1) is 0 Å². The summed E-state index contributed by atoms with van der Waals surface area (Å²) < 4.78 is 0.293. The number of rotatable bonds is 2. The summed E-state index contributed by atoms with van der Waals surface area (Å²) in [6.45, 7) is 3.47. The summed E-state index contributed by atoms with van der Waals surface area (Å²) in [7, 11) is 0. The first kappa shape index (κ1) is 6.94. The number of hydrogen-bond acceptors (Lipinski definition) is 4. The SMILES string of the molecule is C=C(O)Cn1nnc(=S)[nH]1. The number of hydrogen-bond donors (Lipinski definition) is 2. The Morgan fingerprint density at radius 3 is 3.00 bits per heavy atom. The Morgan fingerprint density at radius 2 is 2.60 bits per heavy atom. The third-order valence-corrected chi connectivity index (χ3v) is 0.973. The minimum absolute atomic E-state index is 0.0103. The number of aliphatic hydroxyl groups excluding tert-OH is 1. The third-order valence-electron chi connectivity index (χ3n) is 0.800. The van der Waals surface area contributed by atoms with Crippen molar-refractivity contribution in [3.05, 3.63) is 17.1 Å². The van der Waals surface area contributed by atoms with E-state index in [4.69, 9.17) is 5.11 Å². The molecular formula is C4H6N4OS. The number of H-pyrrole nitrogens is 1. The van der Waals surface area contributed by atoms with E-state index in [9.17, 15) is 0 Å². The molecule has 0 amide bonds. The molecule has 2 N–H and O–H groups in total. The van der Waals surface area contributed by atoms with E-state index in [1.54, 1.807) is 0 Å². The van der Waals surface area contributed by atoms with Gasteiger partial charge in [-0.1, -0.05) is 11.7 Å². The lowest BCUT2D eigenvalue weighted by Crippen LogP contribution is -2.03. The zero-order valence-corrected chi connectivity index (χ0v) is 5.93. The molecule has 5 nitrogen and oxygen atoms in total. The highest BCUT2D eigenvalue weighted by Gasteiger charge is 1.92. The predicted octanol–water partition coefficient (Wildman–Crippen LogP) is 0.407. The second kappa shape index (κ2) is 2.61. The van der Waals surface area contributed by atoms with Gasteiger partial charge in [0.15, 0.2) is 0 Å². The van der Waals surface area contributed by atoms with Crippen LogP contribution in [0.25, 0.3) is 0 Å². The molecule has 0 saturated carbocycles. The van der Waals surface area contributed by atoms with Gasteiger partial charge in [-0.3, -0.25) is 5.10 Å². The number of aromatic amines is 1. The van der Waals surface area contributed by atoms with Crippen LogP contribution < -0.4 is 0 Å². The van der Waals surface area contributed by atoms with Crippen molar-refractivity contribution >= 4 is 12.2 Å². The number of tetrazole rings is 1. The van der Waals surface area contributed by atoms with Crippen LogP contribution in [0, 0.1) is 4.77 Å². The van der Waals surface area contributed by atoms with Crippen LogP contribution >= 0.6 is 12.2 Å². The van der Waals surface area contributed by atoms with E-state index in [1.807, 2.05) is 0 Å². The fourth-order valence-electron chi connectivity index (χ4n) is 0.494. The first-order chi connectivity index (χ1) is 4.68. The molecule has 0 aliphatic rings. The average Bonchev–Trinajstić information content (AvgIpc) is 2.13. The third kappa shape index (κ3) is 1.66. The highest BCUT2D eigenvalue weighted by atomic mass is 32.1. The van der Waals surface area contributed by atoms with Gasteiger partial charge in [0.2, 0.25) is 4.77 Å². The molecule has 6 heteroatoms. The van der Waals surface area contributed by atoms with E-state index >= 15 is 0 Å². The molecular weight excluding hydrogens is 152 g/mol. The summed E-state index contributed by atoms with van der Waals surface area (Å²) >= 11 is 4.62. The molecule has 1 heterocycles. The smallest absolute Gasteiger partial charge is 0.235 e. The molecule has 0 aliphatic heterocycles. The molecule has 0 bridgehead atoms. The van der Waals surface area contributed by atoms with E-state index < -0.39 is 0 Å². The maximum absolute atomic E-state index is 8.68. The summed E-state index contributed by atoms with van der Waals surface area (Å²) in [5.41, 5.74) is 0. The Morgan fingerprint density at radius 1 is 1.90 bits per heavy atom. The lowest BCUT2D eigenvalue weighted by molar-refractivity contribution is 0.356. The second-order valence-electron chi connectivity index (χ2n) is 1.73. The quantitative estimate of drug-likeness (QED) is 0.483. The van der Waals surface area contributed by atoms with Crippen LogP contribution in [-0.4, -0.2) is 25.3 Å². The second-order valence-corrected chi connectivity index (χ2v) is 2.12. The first-order valence-electron chi connectivity index (χ1n) is 2.55. The standard InChI is InChI=1S/C4H6N4OS/c1-3(9)2-8-6-4(10)5-7-8/h9H,1-2H2,(H,6,10). The molecule has 0 unspecified atom stereocenters. The average molecular weight is 158 g/mol. The summed E-state index contributed by atoms with van der Waals surface area (Å²) in [5, 5.41) is 18.3. The number of aromatic nitrogens is 4. The van der Waals surface area contributed by atoms with Crippen molar-refractivity contribution < 1.29 is 5.11 Å². The predicted molar refractivity (Wildman–Crippen MR) is 37.0 cm³/mol. The van der Waals surface area contributed by atoms with E-state index in [2.05, 4.69) is 34.2 Å². The number of nitrogens with zero attached hydrogens (tertiary/aromatic N) is 3. The van der Waals surface area contributed by atoms with Crippen LogP contribution in [0.2, 0.25) is 0 Å². The van der Waals surface area contributed by atoms with Gasteiger partial charge in [-0.25, -0.2) is 0 Å². The molecule has 1 aromatic heterocycles. The molecule has 0 aromatic carbocycles. The maximum atomic E-state index is 8.68. The fourth-order valence-corrected chi connectivity index (χ4v) is 0.636. The molecule has 1 rings (SSSR count). The van der Waals surface area contributed by atoms with E-state index in [-0.39, 0.29) is 12.3 Å². The van der Waals surface area contributed by atoms with Gasteiger partial charge in [0, 0.05) is 0 Å². The summed E-state index contributed by atoms with van der Waals surface area (Å²) in [4.78, 5) is 1.30. The summed E-state index contributed by atoms with van der Waals surface area (Å²) in [6, 6.07) is 0. The van der Waals surface area contributed by atoms with Gasteiger partial charge in [-0.15, -0.1) is 0 Å². The van der Waals surface area contributed by atoms with Crippen molar-refractivity contribution in [3.63, 3.8) is 0 Å². The molecule has 0 aliphatic carbocycles. The van der Waals surface area contributed by atoms with Gasteiger partial charge in [0.1, 0.15) is 12.3 Å². The van der Waals surface area contributed by atoms with E-state index in [0.29, 0.717) is 4.77 Å². The molecule has 0 atom stereocenters. The topological polar surface area (TPSA) is 66.7 Å². The van der Waals surface area contributed by atoms with E-state index in [0.717, 1.165) is 0 Å². The monoisotopic (exact) mass is 158 g/mol. The van der Waals surface area contributed by atoms with Crippen molar-refractivity contribution in [2.24, 2.45) is 0 Å². The molecule has 10 heavy (non-hydrogen) atoms. The van der Waals surface area contributed by atoms with Crippen LogP contribution in [0.1, 0.15) is 0 Å². The minimum Gasteiger partial charge on any atom is -0.511 e. The Labute approximate surface area is 62.0 Å². The summed E-state index contributed by atoms with van der Waals surface area (Å²) in [5.74, 6) is 0.0103. The lowest BCUT2D eigenvalue weighted by atomic mass is 10.6. The molecule has 1 aromatic rings. The minimum atomic E-state index is 0.0103. The highest BCUT2D eigenvalue weighted by molar-refractivity contribution is 7.71. The van der Waals surface area contributed by atoms with Gasteiger partial charge >= 0.3 is 0 Å². The number of allylic oxidation sites excluding steroid dienone is 1. The van der Waals surface area contributed by atoms with Crippen LogP contribution in [0.15, 0.2) is 12.3 Å². The Kier molecular flexibility index (Phi) is 1.81. The van der Waals surface area contributed by atoms with Crippen LogP contribution in [0.3, 0.4) is 0 Å². The van der Waals surface area contributed by atoms with Gasteiger partial charge in [0.25, 0.3) is 0 Å². The van der Waals surface area contributed by atoms with Crippen molar-refractivity contribution in [3.8, 4) is 0 Å². The first-order valence-corrected chi connectivity index (χ1v) is 2.96. The number of nitrogens with one attached hydrogen (secondary N) is 1. The van der Waals surface area contributed by atoms with Gasteiger partial charge in [-0.2, -0.15) is 4.80 Å². The molecule has 0 saturated heterocycles. The molecule has 0 radical (unpaired) electrons. The van der Waals surface area contributed by atoms with Gasteiger partial charge < -0.3 is 5.11 Å². The molecule has 54 valence electrons. The van der Waals surface area contributed by atoms with Gasteiger partial charge in [-0.05, 0) is 17.4 Å². The Balaban J connectivity index is 2.76. The Bertz CT molecular complexity index is 287. The largest absolute Gasteiger partial charge is 0.511 e. The molecule has 0 spiro atoms. The number of aliphatic hydroxyl groups is 1. The normalized spacial score (nSPS) is 9.60. The van der Waals surface area contributed by atoms with Crippen LogP contribution in [-0.2, 0) is 6.54 Å². The van der Waals surface area contributed by atoms with Crippen molar-refractivity contribution in [1.29, 1.82) is 0 Å². The summed E-state index contributed by atoms with van der Waals surface area (Å²) in [6.07, 6.45) is 0. The van der Waals surface area contributed by atoms with Crippen molar-refractivity contribution in [2.75, 3.05) is 0 Å². The zero-order chi connectivity index (χ0) is 7.56. The lowest BCUT2D eigenvalue weighted by Gasteiger charge is -1.94. The van der Waals surface area contributed by atoms with Crippen molar-refractivity contribution in [2.45, 2.75) is 6.54 Å². The highest BCUT2D eigenvalue weighted by Crippen LogP contribution is 1.85. The van der Waals surface area contributed by atoms with E-state index in [1.165, 1.54) is 4.80 Å². The van der Waals surface area contributed by atoms with Crippen LogP contribution in [0.4, 0.5) is 0 Å². The molecule has 0 fully saturated rings. The Hall–Kier alpha value is -1.17. The van der Waals surface area contributed by atoms with Crippen molar-refractivity contribution in [1.82, 2.24) is 20.2 Å². The zero-order valence-electron chi connectivity index (χ0n) is 5.11. The van der Waals surface area contributed by atoms with Crippen LogP contribution in [0.5, 0.6) is 0 Å². The fraction of sp³-hybridized carbons (Fsp3) is 0.250.